The summed E-state index contributed by atoms with van der Waals surface area (Å²) in [5.41, 5.74) is 1.74. The van der Waals surface area contributed by atoms with Crippen LogP contribution in [-0.2, 0) is 11.2 Å². The van der Waals surface area contributed by atoms with E-state index in [1.54, 1.807) is 18.2 Å². The van der Waals surface area contributed by atoms with Gasteiger partial charge in [-0.15, -0.1) is 11.3 Å². The largest absolute Gasteiger partial charge is 0.326 e. The van der Waals surface area contributed by atoms with Crippen molar-refractivity contribution in [2.24, 2.45) is 0 Å². The summed E-state index contributed by atoms with van der Waals surface area (Å²) in [6.07, 6.45) is 1.84. The summed E-state index contributed by atoms with van der Waals surface area (Å²) in [5.74, 6) is -0.434. The smallest absolute Gasteiger partial charge is 0.267 e. The summed E-state index contributed by atoms with van der Waals surface area (Å²) in [4.78, 5) is 28.6. The van der Waals surface area contributed by atoms with Crippen LogP contribution in [0.2, 0.25) is 5.02 Å². The zero-order valence-electron chi connectivity index (χ0n) is 13.2. The lowest BCUT2D eigenvalue weighted by atomic mass is 10.2. The zero-order chi connectivity index (χ0) is 17.0. The standard InChI is InChI=1S/C16H18ClN3O2S/c1-4-5-14-18-9(2)15(23-14)16(22)20-13-8-11(19-10(3)21)6-7-12(13)17/h6-8H,4-5H2,1-3H3,(H,19,21)(H,20,22). The molecule has 0 aliphatic carbocycles. The number of benzene rings is 1. The van der Waals surface area contributed by atoms with Crippen molar-refractivity contribution in [1.82, 2.24) is 4.98 Å². The van der Waals surface area contributed by atoms with E-state index in [1.165, 1.54) is 18.3 Å². The predicted molar refractivity (Wildman–Crippen MR) is 94.6 cm³/mol. The first-order valence-electron chi connectivity index (χ1n) is 7.25. The number of nitrogens with one attached hydrogen (secondary N) is 2. The molecular weight excluding hydrogens is 334 g/mol. The normalized spacial score (nSPS) is 10.4. The van der Waals surface area contributed by atoms with Gasteiger partial charge in [-0.25, -0.2) is 4.98 Å². The second-order valence-electron chi connectivity index (χ2n) is 5.10. The lowest BCUT2D eigenvalue weighted by Crippen LogP contribution is -2.13. The highest BCUT2D eigenvalue weighted by Gasteiger charge is 2.16. The van der Waals surface area contributed by atoms with Crippen LogP contribution in [0.25, 0.3) is 0 Å². The SMILES string of the molecule is CCCc1nc(C)c(C(=O)Nc2cc(NC(C)=O)ccc2Cl)s1. The topological polar surface area (TPSA) is 71.1 Å². The summed E-state index contributed by atoms with van der Waals surface area (Å²) in [6.45, 7) is 5.31. The van der Waals surface area contributed by atoms with E-state index in [2.05, 4.69) is 22.5 Å². The van der Waals surface area contributed by atoms with Gasteiger partial charge in [-0.2, -0.15) is 0 Å². The quantitative estimate of drug-likeness (QED) is 0.845. The van der Waals surface area contributed by atoms with Crippen molar-refractivity contribution in [3.63, 3.8) is 0 Å². The minimum absolute atomic E-state index is 0.188. The fourth-order valence-corrected chi connectivity index (χ4v) is 3.29. The number of halogens is 1. The van der Waals surface area contributed by atoms with Crippen molar-refractivity contribution in [3.05, 3.63) is 38.8 Å². The molecule has 0 aliphatic heterocycles. The van der Waals surface area contributed by atoms with Crippen molar-refractivity contribution < 1.29 is 9.59 Å². The van der Waals surface area contributed by atoms with Gasteiger partial charge in [-0.05, 0) is 38.0 Å². The number of rotatable bonds is 5. The molecule has 2 rings (SSSR count). The Bertz CT molecular complexity index is 743. The Morgan fingerprint density at radius 2 is 2.04 bits per heavy atom. The highest BCUT2D eigenvalue weighted by atomic mass is 35.5. The molecule has 0 saturated carbocycles. The third-order valence-electron chi connectivity index (χ3n) is 3.05. The van der Waals surface area contributed by atoms with Gasteiger partial charge in [-0.1, -0.05) is 18.5 Å². The van der Waals surface area contributed by atoms with E-state index in [0.29, 0.717) is 27.0 Å². The molecule has 0 spiro atoms. The first kappa shape index (κ1) is 17.4. The molecule has 7 heteroatoms. The Kier molecular flexibility index (Phi) is 5.74. The Morgan fingerprint density at radius 1 is 1.30 bits per heavy atom. The highest BCUT2D eigenvalue weighted by Crippen LogP contribution is 2.27. The van der Waals surface area contributed by atoms with Crippen LogP contribution in [0.5, 0.6) is 0 Å². The molecule has 0 aliphatic rings. The summed E-state index contributed by atoms with van der Waals surface area (Å²) in [7, 11) is 0. The summed E-state index contributed by atoms with van der Waals surface area (Å²) in [5, 5.41) is 6.80. The molecule has 2 aromatic rings. The Hall–Kier alpha value is -1.92. The fraction of sp³-hybridized carbons (Fsp3) is 0.312. The molecular formula is C16H18ClN3O2S. The maximum absolute atomic E-state index is 12.5. The van der Waals surface area contributed by atoms with E-state index in [4.69, 9.17) is 11.6 Å². The maximum Gasteiger partial charge on any atom is 0.267 e. The zero-order valence-corrected chi connectivity index (χ0v) is 14.8. The number of hydrogen-bond acceptors (Lipinski definition) is 4. The van der Waals surface area contributed by atoms with Crippen LogP contribution in [0.1, 0.15) is 40.6 Å². The predicted octanol–water partition coefficient (Wildman–Crippen LogP) is 4.27. The molecule has 1 aromatic heterocycles. The average Bonchev–Trinajstić information content (AvgIpc) is 2.83. The number of hydrogen-bond donors (Lipinski definition) is 2. The second-order valence-corrected chi connectivity index (χ2v) is 6.59. The van der Waals surface area contributed by atoms with Crippen LogP contribution in [0.15, 0.2) is 18.2 Å². The molecule has 0 saturated heterocycles. The minimum Gasteiger partial charge on any atom is -0.326 e. The van der Waals surface area contributed by atoms with Crippen molar-refractivity contribution in [1.29, 1.82) is 0 Å². The third kappa shape index (κ3) is 4.53. The third-order valence-corrected chi connectivity index (χ3v) is 4.59. The molecule has 0 unspecified atom stereocenters. The van der Waals surface area contributed by atoms with Crippen molar-refractivity contribution in [2.45, 2.75) is 33.6 Å². The summed E-state index contributed by atoms with van der Waals surface area (Å²) in [6, 6.07) is 4.94. The summed E-state index contributed by atoms with van der Waals surface area (Å²) < 4.78 is 0. The van der Waals surface area contributed by atoms with Crippen molar-refractivity contribution in [3.8, 4) is 0 Å². The molecule has 0 bridgehead atoms. The van der Waals surface area contributed by atoms with E-state index in [1.807, 2.05) is 6.92 Å². The van der Waals surface area contributed by atoms with Crippen LogP contribution in [0, 0.1) is 6.92 Å². The number of carbonyl (C=O) groups excluding carboxylic acids is 2. The molecule has 1 aromatic carbocycles. The van der Waals surface area contributed by atoms with Gasteiger partial charge in [0.05, 0.1) is 21.4 Å². The lowest BCUT2D eigenvalue weighted by Gasteiger charge is -2.09. The first-order valence-corrected chi connectivity index (χ1v) is 8.45. The van der Waals surface area contributed by atoms with E-state index in [9.17, 15) is 9.59 Å². The lowest BCUT2D eigenvalue weighted by molar-refractivity contribution is -0.114. The number of aryl methyl sites for hydroxylation is 2. The van der Waals surface area contributed by atoms with Crippen molar-refractivity contribution >= 4 is 46.1 Å². The number of aromatic nitrogens is 1. The Balaban J connectivity index is 2.21. The first-order chi connectivity index (χ1) is 10.9. The molecule has 0 fully saturated rings. The number of amides is 2. The van der Waals surface area contributed by atoms with Crippen LogP contribution >= 0.6 is 22.9 Å². The van der Waals surface area contributed by atoms with Gasteiger partial charge in [0.15, 0.2) is 0 Å². The molecule has 23 heavy (non-hydrogen) atoms. The Morgan fingerprint density at radius 3 is 2.70 bits per heavy atom. The Labute approximate surface area is 144 Å². The van der Waals surface area contributed by atoms with Crippen LogP contribution in [-0.4, -0.2) is 16.8 Å². The second kappa shape index (κ2) is 7.57. The number of anilines is 2. The molecule has 5 nitrogen and oxygen atoms in total. The van der Waals surface area contributed by atoms with Gasteiger partial charge in [0.2, 0.25) is 5.91 Å². The minimum atomic E-state index is -0.246. The van der Waals surface area contributed by atoms with Gasteiger partial charge in [0.1, 0.15) is 4.88 Å². The van der Waals surface area contributed by atoms with Gasteiger partial charge in [0, 0.05) is 12.6 Å². The molecule has 0 atom stereocenters. The molecule has 2 amide bonds. The van der Waals surface area contributed by atoms with E-state index >= 15 is 0 Å². The molecule has 122 valence electrons. The van der Waals surface area contributed by atoms with Gasteiger partial charge in [-0.3, -0.25) is 9.59 Å². The van der Waals surface area contributed by atoms with Crippen LogP contribution < -0.4 is 10.6 Å². The van der Waals surface area contributed by atoms with E-state index < -0.39 is 0 Å². The number of nitrogens with zero attached hydrogens (tertiary/aromatic N) is 1. The van der Waals surface area contributed by atoms with E-state index in [0.717, 1.165) is 17.8 Å². The number of carbonyl (C=O) groups is 2. The molecule has 1 heterocycles. The average molecular weight is 352 g/mol. The monoisotopic (exact) mass is 351 g/mol. The van der Waals surface area contributed by atoms with Gasteiger partial charge >= 0.3 is 0 Å². The van der Waals surface area contributed by atoms with Crippen LogP contribution in [0.3, 0.4) is 0 Å². The highest BCUT2D eigenvalue weighted by molar-refractivity contribution is 7.13. The summed E-state index contributed by atoms with van der Waals surface area (Å²) >= 11 is 7.52. The molecule has 0 radical (unpaired) electrons. The van der Waals surface area contributed by atoms with Crippen molar-refractivity contribution in [2.75, 3.05) is 10.6 Å². The molecule has 2 N–H and O–H groups in total. The van der Waals surface area contributed by atoms with Gasteiger partial charge < -0.3 is 10.6 Å². The van der Waals surface area contributed by atoms with E-state index in [-0.39, 0.29) is 11.8 Å². The van der Waals surface area contributed by atoms with Crippen LogP contribution in [0.4, 0.5) is 11.4 Å². The van der Waals surface area contributed by atoms with Gasteiger partial charge in [0.25, 0.3) is 5.91 Å². The maximum atomic E-state index is 12.5. The number of thiazole rings is 1. The fourth-order valence-electron chi connectivity index (χ4n) is 2.06.